The number of alkyl halides is 3. The second-order valence-electron chi connectivity index (χ2n) is 9.18. The SMILES string of the molecule is Cc1ccc(NC(=O)Nc2cc(-c3ccccc3-c3nnn[nH]3)cc3c2OCC=CC3CCC(F)(F)F)cc1. The smallest absolute Gasteiger partial charge is 0.389 e. The Morgan fingerprint density at radius 3 is 2.56 bits per heavy atom. The Kier molecular flexibility index (Phi) is 7.31. The van der Waals surface area contributed by atoms with Crippen LogP contribution >= 0.6 is 0 Å². The Morgan fingerprint density at radius 2 is 1.85 bits per heavy atom. The summed E-state index contributed by atoms with van der Waals surface area (Å²) in [5.74, 6) is 0.176. The molecule has 5 rings (SSSR count). The lowest BCUT2D eigenvalue weighted by atomic mass is 9.88. The lowest BCUT2D eigenvalue weighted by molar-refractivity contribution is -0.135. The van der Waals surface area contributed by atoms with Gasteiger partial charge in [-0.1, -0.05) is 54.1 Å². The van der Waals surface area contributed by atoms with Crippen LogP contribution in [0.2, 0.25) is 0 Å². The number of benzene rings is 3. The summed E-state index contributed by atoms with van der Waals surface area (Å²) in [5, 5.41) is 19.7. The summed E-state index contributed by atoms with van der Waals surface area (Å²) in [5.41, 5.74) is 4.58. The molecule has 8 nitrogen and oxygen atoms in total. The van der Waals surface area contributed by atoms with Crippen LogP contribution in [-0.4, -0.2) is 39.4 Å². The van der Waals surface area contributed by atoms with Crippen molar-refractivity contribution in [1.29, 1.82) is 0 Å². The largest absolute Gasteiger partial charge is 0.487 e. The zero-order valence-corrected chi connectivity index (χ0v) is 20.9. The van der Waals surface area contributed by atoms with E-state index in [0.29, 0.717) is 39.6 Å². The average molecular weight is 535 g/mol. The van der Waals surface area contributed by atoms with E-state index in [1.807, 2.05) is 43.3 Å². The van der Waals surface area contributed by atoms with Crippen molar-refractivity contribution in [2.45, 2.75) is 31.9 Å². The van der Waals surface area contributed by atoms with Crippen molar-refractivity contribution in [2.24, 2.45) is 0 Å². The number of aryl methyl sites for hydroxylation is 1. The van der Waals surface area contributed by atoms with Crippen molar-refractivity contribution >= 4 is 17.4 Å². The lowest BCUT2D eigenvalue weighted by Gasteiger charge is -2.21. The number of tetrazole rings is 1. The number of aromatic nitrogens is 4. The van der Waals surface area contributed by atoms with Gasteiger partial charge in [-0.05, 0) is 59.2 Å². The molecule has 0 saturated carbocycles. The molecular formula is C28H25F3N6O2. The summed E-state index contributed by atoms with van der Waals surface area (Å²) in [6.07, 6.45) is -2.00. The van der Waals surface area contributed by atoms with Gasteiger partial charge in [0.2, 0.25) is 0 Å². The van der Waals surface area contributed by atoms with Crippen molar-refractivity contribution in [2.75, 3.05) is 17.2 Å². The van der Waals surface area contributed by atoms with E-state index in [9.17, 15) is 18.0 Å². The molecule has 1 unspecified atom stereocenters. The fourth-order valence-electron chi connectivity index (χ4n) is 4.50. The van der Waals surface area contributed by atoms with Gasteiger partial charge >= 0.3 is 12.2 Å². The first-order chi connectivity index (χ1) is 18.8. The number of halogens is 3. The Morgan fingerprint density at radius 1 is 1.08 bits per heavy atom. The number of H-pyrrole nitrogens is 1. The van der Waals surface area contributed by atoms with Crippen LogP contribution in [0.5, 0.6) is 5.75 Å². The fourth-order valence-corrected chi connectivity index (χ4v) is 4.50. The van der Waals surface area contributed by atoms with Crippen molar-refractivity contribution in [3.05, 3.63) is 83.9 Å². The first-order valence-electron chi connectivity index (χ1n) is 12.3. The van der Waals surface area contributed by atoms with Crippen molar-refractivity contribution in [3.63, 3.8) is 0 Å². The minimum atomic E-state index is -4.31. The molecule has 39 heavy (non-hydrogen) atoms. The van der Waals surface area contributed by atoms with Crippen LogP contribution in [0.15, 0.2) is 72.8 Å². The minimum absolute atomic E-state index is 0.156. The van der Waals surface area contributed by atoms with Gasteiger partial charge in [0, 0.05) is 29.2 Å². The van der Waals surface area contributed by atoms with Crippen LogP contribution < -0.4 is 15.4 Å². The summed E-state index contributed by atoms with van der Waals surface area (Å²) in [7, 11) is 0. The number of carbonyl (C=O) groups is 1. The number of urea groups is 1. The quantitative estimate of drug-likeness (QED) is 0.234. The first-order valence-corrected chi connectivity index (χ1v) is 12.3. The third-order valence-electron chi connectivity index (χ3n) is 6.34. The fraction of sp³-hybridized carbons (Fsp3) is 0.214. The Labute approximate surface area is 222 Å². The van der Waals surface area contributed by atoms with E-state index in [1.165, 1.54) is 0 Å². The topological polar surface area (TPSA) is 105 Å². The van der Waals surface area contributed by atoms with Gasteiger partial charge in [-0.25, -0.2) is 9.89 Å². The van der Waals surface area contributed by atoms with Crippen molar-refractivity contribution in [3.8, 4) is 28.3 Å². The molecule has 1 atom stereocenters. The number of anilines is 2. The van der Waals surface area contributed by atoms with Crippen LogP contribution in [0.3, 0.4) is 0 Å². The summed E-state index contributed by atoms with van der Waals surface area (Å²) >= 11 is 0. The number of allylic oxidation sites excluding steroid dienone is 1. The van der Waals surface area contributed by atoms with Crippen LogP contribution in [0.4, 0.5) is 29.3 Å². The van der Waals surface area contributed by atoms with E-state index in [4.69, 9.17) is 4.74 Å². The number of hydrogen-bond donors (Lipinski definition) is 3. The highest BCUT2D eigenvalue weighted by atomic mass is 19.4. The second kappa shape index (κ2) is 11.0. The lowest BCUT2D eigenvalue weighted by Crippen LogP contribution is -2.20. The normalized spacial score (nSPS) is 14.7. The molecule has 3 N–H and O–H groups in total. The molecule has 0 fully saturated rings. The summed E-state index contributed by atoms with van der Waals surface area (Å²) in [6.45, 7) is 2.10. The minimum Gasteiger partial charge on any atom is -0.487 e. The predicted molar refractivity (Wildman–Crippen MR) is 142 cm³/mol. The van der Waals surface area contributed by atoms with Crippen LogP contribution in [0.25, 0.3) is 22.5 Å². The number of fused-ring (bicyclic) bond motifs is 1. The number of nitrogens with zero attached hydrogens (tertiary/aromatic N) is 3. The molecule has 2 heterocycles. The molecule has 0 bridgehead atoms. The highest BCUT2D eigenvalue weighted by molar-refractivity contribution is 6.01. The van der Waals surface area contributed by atoms with E-state index in [-0.39, 0.29) is 13.0 Å². The average Bonchev–Trinajstić information content (AvgIpc) is 3.36. The zero-order valence-electron chi connectivity index (χ0n) is 20.9. The van der Waals surface area contributed by atoms with Gasteiger partial charge in [-0.2, -0.15) is 13.2 Å². The molecule has 0 spiro atoms. The molecule has 1 aliphatic heterocycles. The maximum atomic E-state index is 13.2. The van der Waals surface area contributed by atoms with Crippen LogP contribution in [0, 0.1) is 6.92 Å². The molecule has 4 aromatic rings. The number of amides is 2. The van der Waals surface area contributed by atoms with Gasteiger partial charge in [0.15, 0.2) is 5.82 Å². The van der Waals surface area contributed by atoms with E-state index in [1.54, 1.807) is 36.4 Å². The van der Waals surface area contributed by atoms with Crippen molar-refractivity contribution in [1.82, 2.24) is 20.6 Å². The Hall–Kier alpha value is -4.67. The van der Waals surface area contributed by atoms with Crippen molar-refractivity contribution < 1.29 is 22.7 Å². The molecule has 0 saturated heterocycles. The standard InChI is InChI=1S/C28H25F3N6O2/c1-17-8-10-20(11-9-17)32-27(38)33-24-16-19(21-6-2-3-7-22(21)26-34-36-37-35-26)15-23-18(12-13-28(29,30)31)5-4-14-39-25(23)24/h2-11,15-16,18H,12-14H2,1H3,(H2,32,33,38)(H,34,35,36,37). The summed E-state index contributed by atoms with van der Waals surface area (Å²) < 4.78 is 45.5. The molecule has 1 aromatic heterocycles. The monoisotopic (exact) mass is 534 g/mol. The van der Waals surface area contributed by atoms with Gasteiger partial charge < -0.3 is 15.4 Å². The highest BCUT2D eigenvalue weighted by Crippen LogP contribution is 2.44. The van der Waals surface area contributed by atoms with Gasteiger partial charge in [-0.3, -0.25) is 0 Å². The first kappa shape index (κ1) is 26.0. The number of ether oxygens (including phenoxy) is 1. The van der Waals surface area contributed by atoms with Gasteiger partial charge in [0.1, 0.15) is 12.4 Å². The number of hydrogen-bond acceptors (Lipinski definition) is 5. The van der Waals surface area contributed by atoms with Crippen LogP contribution in [0.1, 0.15) is 29.9 Å². The molecular weight excluding hydrogens is 509 g/mol. The van der Waals surface area contributed by atoms with Gasteiger partial charge in [0.05, 0.1) is 5.69 Å². The maximum absolute atomic E-state index is 13.2. The number of rotatable bonds is 6. The van der Waals surface area contributed by atoms with E-state index < -0.39 is 24.5 Å². The maximum Gasteiger partial charge on any atom is 0.389 e. The summed E-state index contributed by atoms with van der Waals surface area (Å²) in [4.78, 5) is 13.0. The third kappa shape index (κ3) is 6.25. The highest BCUT2D eigenvalue weighted by Gasteiger charge is 2.30. The number of nitrogens with one attached hydrogen (secondary N) is 3. The Bertz CT molecular complexity index is 1480. The second-order valence-corrected chi connectivity index (χ2v) is 9.18. The zero-order chi connectivity index (χ0) is 27.4. The molecule has 0 aliphatic carbocycles. The molecule has 1 aliphatic rings. The van der Waals surface area contributed by atoms with Crippen LogP contribution in [-0.2, 0) is 0 Å². The van der Waals surface area contributed by atoms with E-state index in [0.717, 1.165) is 11.1 Å². The molecule has 0 radical (unpaired) electrons. The van der Waals surface area contributed by atoms with Gasteiger partial charge in [0.25, 0.3) is 0 Å². The molecule has 2 amide bonds. The molecule has 200 valence electrons. The Balaban J connectivity index is 1.58. The summed E-state index contributed by atoms with van der Waals surface area (Å²) in [6, 6.07) is 17.7. The molecule has 11 heteroatoms. The third-order valence-corrected chi connectivity index (χ3v) is 6.34. The predicted octanol–water partition coefficient (Wildman–Crippen LogP) is 6.86. The van der Waals surface area contributed by atoms with E-state index >= 15 is 0 Å². The van der Waals surface area contributed by atoms with Gasteiger partial charge in [-0.15, -0.1) is 5.10 Å². The molecule has 3 aromatic carbocycles. The number of aromatic amines is 1. The van der Waals surface area contributed by atoms with E-state index in [2.05, 4.69) is 31.3 Å². The number of carbonyl (C=O) groups excluding carboxylic acids is 1.